The molecule has 2 rings (SSSR count). The Balaban J connectivity index is 2.07. The van der Waals surface area contributed by atoms with Gasteiger partial charge in [-0.2, -0.15) is 0 Å². The van der Waals surface area contributed by atoms with Crippen molar-refractivity contribution in [2.45, 2.75) is 26.2 Å². The number of hydrogen-bond donors (Lipinski definition) is 1. The van der Waals surface area contributed by atoms with Crippen LogP contribution in [0.3, 0.4) is 0 Å². The lowest BCUT2D eigenvalue weighted by Gasteiger charge is -2.33. The zero-order valence-corrected chi connectivity index (χ0v) is 10.4. The van der Waals surface area contributed by atoms with Crippen molar-refractivity contribution in [1.82, 2.24) is 0 Å². The van der Waals surface area contributed by atoms with Crippen molar-refractivity contribution in [3.8, 4) is 0 Å². The van der Waals surface area contributed by atoms with Gasteiger partial charge in [0.15, 0.2) is 0 Å². The predicted octanol–water partition coefficient (Wildman–Crippen LogP) is 1.95. The third-order valence-electron chi connectivity index (χ3n) is 3.61. The summed E-state index contributed by atoms with van der Waals surface area (Å²) in [4.78, 5) is 13.5. The number of anilines is 1. The molecular weight excluding hydrogens is 212 g/mol. The van der Waals surface area contributed by atoms with Crippen molar-refractivity contribution in [3.63, 3.8) is 0 Å². The maximum absolute atomic E-state index is 11.1. The lowest BCUT2D eigenvalue weighted by atomic mass is 9.95. The first-order chi connectivity index (χ1) is 8.22. The van der Waals surface area contributed by atoms with E-state index in [2.05, 4.69) is 36.1 Å². The van der Waals surface area contributed by atoms with E-state index in [4.69, 9.17) is 5.73 Å². The van der Waals surface area contributed by atoms with Gasteiger partial charge < -0.3 is 10.6 Å². The molecule has 0 spiro atoms. The average Bonchev–Trinajstić information content (AvgIpc) is 2.39. The quantitative estimate of drug-likeness (QED) is 0.865. The third-order valence-corrected chi connectivity index (χ3v) is 3.61. The molecule has 2 N–H and O–H groups in total. The number of nitrogens with zero attached hydrogens (tertiary/aromatic N) is 1. The van der Waals surface area contributed by atoms with Crippen molar-refractivity contribution in [1.29, 1.82) is 0 Å². The molecule has 3 heteroatoms. The summed E-state index contributed by atoms with van der Waals surface area (Å²) in [6.07, 6.45) is 2.81. The summed E-state index contributed by atoms with van der Waals surface area (Å²) >= 11 is 0. The minimum absolute atomic E-state index is 0.0695. The van der Waals surface area contributed by atoms with Gasteiger partial charge in [0.05, 0.1) is 0 Å². The molecule has 3 nitrogen and oxygen atoms in total. The van der Waals surface area contributed by atoms with Crippen LogP contribution in [0.15, 0.2) is 24.3 Å². The number of amides is 1. The monoisotopic (exact) mass is 232 g/mol. The lowest BCUT2D eigenvalue weighted by molar-refractivity contribution is -0.122. The van der Waals surface area contributed by atoms with Gasteiger partial charge in [0.2, 0.25) is 5.91 Å². The van der Waals surface area contributed by atoms with Gasteiger partial charge in [-0.05, 0) is 30.9 Å². The van der Waals surface area contributed by atoms with Crippen LogP contribution in [0.4, 0.5) is 5.69 Å². The molecule has 0 bridgehead atoms. The summed E-state index contributed by atoms with van der Waals surface area (Å²) in [5.74, 6) is -0.0755. The Morgan fingerprint density at radius 1 is 1.35 bits per heavy atom. The summed E-state index contributed by atoms with van der Waals surface area (Å²) in [5, 5.41) is 0. The topological polar surface area (TPSA) is 46.3 Å². The zero-order chi connectivity index (χ0) is 12.3. The maximum atomic E-state index is 11.1. The molecule has 0 saturated carbocycles. The van der Waals surface area contributed by atoms with Crippen molar-refractivity contribution in [3.05, 3.63) is 29.8 Å². The van der Waals surface area contributed by atoms with Gasteiger partial charge in [0.25, 0.3) is 0 Å². The maximum Gasteiger partial charge on any atom is 0.220 e. The highest BCUT2D eigenvalue weighted by Crippen LogP contribution is 2.26. The van der Waals surface area contributed by atoms with Crippen LogP contribution < -0.4 is 10.6 Å². The standard InChI is InChI=1S/C14H20N2O/c1-2-11-5-3-4-6-13(11)16-9-7-12(8-10-16)14(15)17/h3-6,12H,2,7-10H2,1H3,(H2,15,17). The van der Waals surface area contributed by atoms with E-state index in [1.807, 2.05) is 0 Å². The number of nitrogens with two attached hydrogens (primary N) is 1. The molecule has 1 aliphatic rings. The van der Waals surface area contributed by atoms with Gasteiger partial charge in [-0.15, -0.1) is 0 Å². The molecule has 0 radical (unpaired) electrons. The first-order valence-electron chi connectivity index (χ1n) is 6.34. The van der Waals surface area contributed by atoms with Gasteiger partial charge in [0, 0.05) is 24.7 Å². The fraction of sp³-hybridized carbons (Fsp3) is 0.500. The van der Waals surface area contributed by atoms with Crippen molar-refractivity contribution in [2.24, 2.45) is 11.7 Å². The summed E-state index contributed by atoms with van der Waals surface area (Å²) in [6.45, 7) is 4.05. The highest BCUT2D eigenvalue weighted by atomic mass is 16.1. The molecule has 17 heavy (non-hydrogen) atoms. The SMILES string of the molecule is CCc1ccccc1N1CCC(C(N)=O)CC1. The Morgan fingerprint density at radius 2 is 2.00 bits per heavy atom. The number of primary amides is 1. The van der Waals surface area contributed by atoms with E-state index in [-0.39, 0.29) is 11.8 Å². The molecular formula is C14H20N2O. The van der Waals surface area contributed by atoms with Gasteiger partial charge >= 0.3 is 0 Å². The molecule has 1 fully saturated rings. The molecule has 1 amide bonds. The van der Waals surface area contributed by atoms with Crippen molar-refractivity contribution >= 4 is 11.6 Å². The molecule has 1 heterocycles. The Labute approximate surface area is 103 Å². The first-order valence-corrected chi connectivity index (χ1v) is 6.34. The van der Waals surface area contributed by atoms with E-state index in [0.29, 0.717) is 0 Å². The molecule has 1 aromatic carbocycles. The number of para-hydroxylation sites is 1. The van der Waals surface area contributed by atoms with E-state index in [1.54, 1.807) is 0 Å². The minimum atomic E-state index is -0.145. The second kappa shape index (κ2) is 5.21. The zero-order valence-electron chi connectivity index (χ0n) is 10.4. The third kappa shape index (κ3) is 2.60. The van der Waals surface area contributed by atoms with E-state index in [9.17, 15) is 4.79 Å². The second-order valence-electron chi connectivity index (χ2n) is 4.65. The van der Waals surface area contributed by atoms with Crippen LogP contribution in [0, 0.1) is 5.92 Å². The molecule has 92 valence electrons. The van der Waals surface area contributed by atoms with Crippen LogP contribution in [0.25, 0.3) is 0 Å². The predicted molar refractivity (Wildman–Crippen MR) is 70.0 cm³/mol. The second-order valence-corrected chi connectivity index (χ2v) is 4.65. The number of carbonyl (C=O) groups excluding carboxylic acids is 1. The van der Waals surface area contributed by atoms with E-state index >= 15 is 0 Å². The lowest BCUT2D eigenvalue weighted by Crippen LogP contribution is -2.38. The highest BCUT2D eigenvalue weighted by Gasteiger charge is 2.23. The fourth-order valence-electron chi connectivity index (χ4n) is 2.52. The number of aryl methyl sites for hydroxylation is 1. The molecule has 0 atom stereocenters. The van der Waals surface area contributed by atoms with Gasteiger partial charge in [-0.25, -0.2) is 0 Å². The van der Waals surface area contributed by atoms with Crippen LogP contribution in [-0.2, 0) is 11.2 Å². The number of piperidine rings is 1. The minimum Gasteiger partial charge on any atom is -0.371 e. The van der Waals surface area contributed by atoms with Crippen LogP contribution in [-0.4, -0.2) is 19.0 Å². The van der Waals surface area contributed by atoms with E-state index in [1.165, 1.54) is 11.3 Å². The summed E-state index contributed by atoms with van der Waals surface area (Å²) in [5.41, 5.74) is 8.05. The van der Waals surface area contributed by atoms with E-state index < -0.39 is 0 Å². The molecule has 0 aromatic heterocycles. The van der Waals surface area contributed by atoms with Gasteiger partial charge in [-0.3, -0.25) is 4.79 Å². The first kappa shape index (κ1) is 12.0. The number of carbonyl (C=O) groups is 1. The Morgan fingerprint density at radius 3 is 2.59 bits per heavy atom. The highest BCUT2D eigenvalue weighted by molar-refractivity contribution is 5.77. The Hall–Kier alpha value is -1.51. The van der Waals surface area contributed by atoms with Gasteiger partial charge in [-0.1, -0.05) is 25.1 Å². The van der Waals surface area contributed by atoms with Crippen LogP contribution in [0.5, 0.6) is 0 Å². The number of rotatable bonds is 3. The summed E-state index contributed by atoms with van der Waals surface area (Å²) in [7, 11) is 0. The summed E-state index contributed by atoms with van der Waals surface area (Å²) < 4.78 is 0. The molecule has 1 aromatic rings. The molecule has 1 aliphatic heterocycles. The van der Waals surface area contributed by atoms with Gasteiger partial charge in [0.1, 0.15) is 0 Å². The number of benzene rings is 1. The molecule has 1 saturated heterocycles. The Kier molecular flexibility index (Phi) is 3.67. The number of hydrogen-bond acceptors (Lipinski definition) is 2. The van der Waals surface area contributed by atoms with Crippen LogP contribution >= 0.6 is 0 Å². The normalized spacial score (nSPS) is 17.1. The molecule has 0 aliphatic carbocycles. The smallest absolute Gasteiger partial charge is 0.220 e. The average molecular weight is 232 g/mol. The molecule has 0 unspecified atom stereocenters. The van der Waals surface area contributed by atoms with Crippen molar-refractivity contribution in [2.75, 3.05) is 18.0 Å². The van der Waals surface area contributed by atoms with E-state index in [0.717, 1.165) is 32.4 Å². The van der Waals surface area contributed by atoms with Crippen LogP contribution in [0.2, 0.25) is 0 Å². The summed E-state index contributed by atoms with van der Waals surface area (Å²) in [6, 6.07) is 8.51. The van der Waals surface area contributed by atoms with Crippen molar-refractivity contribution < 1.29 is 4.79 Å². The van der Waals surface area contributed by atoms with Crippen LogP contribution in [0.1, 0.15) is 25.3 Å². The largest absolute Gasteiger partial charge is 0.371 e. The fourth-order valence-corrected chi connectivity index (χ4v) is 2.52. The Bertz CT molecular complexity index is 395.